The molecule has 0 aromatic carbocycles. The Hall–Kier alpha value is -0.0800. The summed E-state index contributed by atoms with van der Waals surface area (Å²) in [6.07, 6.45) is 6.70. The molecule has 0 bridgehead atoms. The fourth-order valence-corrected chi connectivity index (χ4v) is 3.47. The highest BCUT2D eigenvalue weighted by Crippen LogP contribution is 2.30. The molecule has 0 aromatic heterocycles. The molecule has 3 unspecified atom stereocenters. The molecule has 0 saturated heterocycles. The molecule has 0 aromatic rings. The third-order valence-electron chi connectivity index (χ3n) is 4.41. The van der Waals surface area contributed by atoms with Gasteiger partial charge in [-0.3, -0.25) is 4.90 Å². The predicted octanol–water partition coefficient (Wildman–Crippen LogP) is 2.87. The maximum atomic E-state index is 5.92. The van der Waals surface area contributed by atoms with Gasteiger partial charge in [-0.1, -0.05) is 33.6 Å². The van der Waals surface area contributed by atoms with Crippen molar-refractivity contribution in [3.63, 3.8) is 0 Å². The van der Waals surface area contributed by atoms with Crippen LogP contribution in [-0.2, 0) is 0 Å². The molecule has 96 valence electrons. The quantitative estimate of drug-likeness (QED) is 0.781. The van der Waals surface area contributed by atoms with Gasteiger partial charge in [0.15, 0.2) is 0 Å². The molecule has 1 aliphatic rings. The summed E-state index contributed by atoms with van der Waals surface area (Å²) in [5, 5.41) is 0. The first-order valence-corrected chi connectivity index (χ1v) is 7.03. The van der Waals surface area contributed by atoms with Gasteiger partial charge in [-0.05, 0) is 44.7 Å². The Morgan fingerprint density at radius 2 is 1.88 bits per heavy atom. The van der Waals surface area contributed by atoms with Crippen LogP contribution in [0.5, 0.6) is 0 Å². The van der Waals surface area contributed by atoms with Gasteiger partial charge in [-0.25, -0.2) is 0 Å². The summed E-state index contributed by atoms with van der Waals surface area (Å²) in [5.41, 5.74) is 5.92. The Labute approximate surface area is 102 Å². The number of nitrogens with zero attached hydrogens (tertiary/aromatic N) is 1. The van der Waals surface area contributed by atoms with E-state index in [0.29, 0.717) is 0 Å². The van der Waals surface area contributed by atoms with Gasteiger partial charge in [0.1, 0.15) is 0 Å². The Bertz CT molecular complexity index is 191. The van der Waals surface area contributed by atoms with E-state index in [-0.39, 0.29) is 0 Å². The lowest BCUT2D eigenvalue weighted by Crippen LogP contribution is -2.49. The Kier molecular flexibility index (Phi) is 5.77. The third-order valence-corrected chi connectivity index (χ3v) is 4.41. The third kappa shape index (κ3) is 3.21. The van der Waals surface area contributed by atoms with Crippen molar-refractivity contribution in [2.24, 2.45) is 17.6 Å². The molecule has 2 nitrogen and oxygen atoms in total. The fourth-order valence-electron chi connectivity index (χ4n) is 3.47. The minimum absolute atomic E-state index is 0.720. The highest BCUT2D eigenvalue weighted by Gasteiger charge is 2.31. The standard InChI is InChI=1S/C14H30N2/c1-5-13(11(2)3)16(4)14-9-7-6-8-12(14)10-15/h11-14H,5-10,15H2,1-4H3. The topological polar surface area (TPSA) is 29.3 Å². The smallest absolute Gasteiger partial charge is 0.0135 e. The van der Waals surface area contributed by atoms with E-state index < -0.39 is 0 Å². The molecule has 1 rings (SSSR count). The first kappa shape index (κ1) is 14.0. The molecule has 0 amide bonds. The van der Waals surface area contributed by atoms with E-state index in [2.05, 4.69) is 32.7 Å². The molecule has 16 heavy (non-hydrogen) atoms. The number of rotatable bonds is 5. The average molecular weight is 226 g/mol. The predicted molar refractivity (Wildman–Crippen MR) is 71.5 cm³/mol. The summed E-state index contributed by atoms with van der Waals surface area (Å²) >= 11 is 0. The number of hydrogen-bond acceptors (Lipinski definition) is 2. The second-order valence-electron chi connectivity index (χ2n) is 5.73. The number of nitrogens with two attached hydrogens (primary N) is 1. The monoisotopic (exact) mass is 226 g/mol. The lowest BCUT2D eigenvalue weighted by Gasteiger charge is -2.43. The van der Waals surface area contributed by atoms with Crippen molar-refractivity contribution >= 4 is 0 Å². The molecule has 0 aliphatic heterocycles. The average Bonchev–Trinajstić information content (AvgIpc) is 2.29. The second kappa shape index (κ2) is 6.61. The maximum absolute atomic E-state index is 5.92. The molecule has 0 radical (unpaired) electrons. The van der Waals surface area contributed by atoms with Gasteiger partial charge in [-0.2, -0.15) is 0 Å². The van der Waals surface area contributed by atoms with Crippen LogP contribution in [0.25, 0.3) is 0 Å². The van der Waals surface area contributed by atoms with Crippen LogP contribution in [0.3, 0.4) is 0 Å². The fraction of sp³-hybridized carbons (Fsp3) is 1.00. The molecule has 3 atom stereocenters. The molecule has 1 saturated carbocycles. The maximum Gasteiger partial charge on any atom is 0.0135 e. The first-order valence-electron chi connectivity index (χ1n) is 7.03. The minimum Gasteiger partial charge on any atom is -0.330 e. The summed E-state index contributed by atoms with van der Waals surface area (Å²) in [6, 6.07) is 1.45. The SMILES string of the molecule is CCC(C(C)C)N(C)C1CCCCC1CN. The Morgan fingerprint density at radius 3 is 2.38 bits per heavy atom. The van der Waals surface area contributed by atoms with Crippen molar-refractivity contribution < 1.29 is 0 Å². The van der Waals surface area contributed by atoms with Crippen molar-refractivity contribution in [2.45, 2.75) is 65.0 Å². The van der Waals surface area contributed by atoms with Crippen LogP contribution in [0.1, 0.15) is 52.9 Å². The molecule has 2 heteroatoms. The first-order chi connectivity index (χ1) is 7.61. The van der Waals surface area contributed by atoms with E-state index in [1.165, 1.54) is 32.1 Å². The van der Waals surface area contributed by atoms with E-state index in [1.807, 2.05) is 0 Å². The normalized spacial score (nSPS) is 28.7. The van der Waals surface area contributed by atoms with Gasteiger partial charge in [-0.15, -0.1) is 0 Å². The lowest BCUT2D eigenvalue weighted by atomic mass is 9.82. The van der Waals surface area contributed by atoms with Crippen LogP contribution in [0, 0.1) is 11.8 Å². The lowest BCUT2D eigenvalue weighted by molar-refractivity contribution is 0.0687. The van der Waals surface area contributed by atoms with Crippen LogP contribution in [0.2, 0.25) is 0 Å². The zero-order chi connectivity index (χ0) is 12.1. The van der Waals surface area contributed by atoms with Gasteiger partial charge < -0.3 is 5.73 Å². The summed E-state index contributed by atoms with van der Waals surface area (Å²) in [6.45, 7) is 7.85. The highest BCUT2D eigenvalue weighted by molar-refractivity contribution is 4.86. The molecular weight excluding hydrogens is 196 g/mol. The van der Waals surface area contributed by atoms with Crippen molar-refractivity contribution in [1.29, 1.82) is 0 Å². The molecule has 0 heterocycles. The van der Waals surface area contributed by atoms with Gasteiger partial charge in [0.2, 0.25) is 0 Å². The van der Waals surface area contributed by atoms with Crippen LogP contribution in [0.15, 0.2) is 0 Å². The van der Waals surface area contributed by atoms with E-state index in [1.54, 1.807) is 0 Å². The van der Waals surface area contributed by atoms with Crippen molar-refractivity contribution in [1.82, 2.24) is 4.90 Å². The zero-order valence-electron chi connectivity index (χ0n) is 11.6. The van der Waals surface area contributed by atoms with Crippen molar-refractivity contribution in [3.05, 3.63) is 0 Å². The van der Waals surface area contributed by atoms with E-state index >= 15 is 0 Å². The summed E-state index contributed by atoms with van der Waals surface area (Å²) in [5.74, 6) is 1.47. The van der Waals surface area contributed by atoms with Crippen LogP contribution in [0.4, 0.5) is 0 Å². The van der Waals surface area contributed by atoms with Gasteiger partial charge >= 0.3 is 0 Å². The van der Waals surface area contributed by atoms with E-state index in [4.69, 9.17) is 5.73 Å². The van der Waals surface area contributed by atoms with Gasteiger partial charge in [0.05, 0.1) is 0 Å². The number of hydrogen-bond donors (Lipinski definition) is 1. The molecular formula is C14H30N2. The Balaban J connectivity index is 2.65. The minimum atomic E-state index is 0.720. The van der Waals surface area contributed by atoms with E-state index in [9.17, 15) is 0 Å². The molecule has 2 N–H and O–H groups in total. The molecule has 1 aliphatic carbocycles. The van der Waals surface area contributed by atoms with Gasteiger partial charge in [0.25, 0.3) is 0 Å². The van der Waals surface area contributed by atoms with Crippen LogP contribution < -0.4 is 5.73 Å². The second-order valence-corrected chi connectivity index (χ2v) is 5.73. The van der Waals surface area contributed by atoms with Crippen molar-refractivity contribution in [3.8, 4) is 0 Å². The Morgan fingerprint density at radius 1 is 1.25 bits per heavy atom. The van der Waals surface area contributed by atoms with Crippen LogP contribution >= 0.6 is 0 Å². The molecule has 0 spiro atoms. The van der Waals surface area contributed by atoms with E-state index in [0.717, 1.165) is 30.5 Å². The van der Waals surface area contributed by atoms with Gasteiger partial charge in [0, 0.05) is 12.1 Å². The highest BCUT2D eigenvalue weighted by atomic mass is 15.2. The zero-order valence-corrected chi connectivity index (χ0v) is 11.6. The summed E-state index contributed by atoms with van der Waals surface area (Å²) in [4.78, 5) is 2.63. The molecule has 1 fully saturated rings. The van der Waals surface area contributed by atoms with Crippen LogP contribution in [-0.4, -0.2) is 30.6 Å². The van der Waals surface area contributed by atoms with Crippen molar-refractivity contribution in [2.75, 3.05) is 13.6 Å². The summed E-state index contributed by atoms with van der Waals surface area (Å²) in [7, 11) is 2.31. The largest absolute Gasteiger partial charge is 0.330 e. The summed E-state index contributed by atoms with van der Waals surface area (Å²) < 4.78 is 0.